The van der Waals surface area contributed by atoms with Gasteiger partial charge >= 0.3 is 16.2 Å². The molecule has 8 heteroatoms. The number of rotatable bonds is 4. The number of piperidine rings is 1. The predicted octanol–water partition coefficient (Wildman–Crippen LogP) is 1.67. The number of carbonyl (C=O) groups is 1. The van der Waals surface area contributed by atoms with E-state index in [2.05, 4.69) is 0 Å². The molecule has 0 spiro atoms. The minimum Gasteiger partial charge on any atom is -0.478 e. The van der Waals surface area contributed by atoms with Crippen LogP contribution in [0.1, 0.15) is 29.6 Å². The molecule has 1 saturated heterocycles. The van der Waals surface area contributed by atoms with Crippen molar-refractivity contribution in [3.05, 3.63) is 29.6 Å². The van der Waals surface area contributed by atoms with Crippen LogP contribution >= 0.6 is 0 Å². The lowest BCUT2D eigenvalue weighted by atomic mass is 10.2. The molecule has 0 amide bonds. The number of carboxylic acids is 1. The predicted molar refractivity (Wildman–Crippen MR) is 71.3 cm³/mol. The first-order valence-electron chi connectivity index (χ1n) is 6.21. The van der Waals surface area contributed by atoms with Crippen molar-refractivity contribution >= 4 is 21.9 Å². The fraction of sp³-hybridized carbons (Fsp3) is 0.417. The zero-order chi connectivity index (χ0) is 14.8. The summed E-state index contributed by atoms with van der Waals surface area (Å²) in [6.07, 6.45) is 2.43. The van der Waals surface area contributed by atoms with Crippen molar-refractivity contribution in [2.75, 3.05) is 17.8 Å². The molecule has 0 aliphatic carbocycles. The molecule has 6 nitrogen and oxygen atoms in total. The number of benzene rings is 1. The molecule has 0 aromatic heterocycles. The van der Waals surface area contributed by atoms with Crippen molar-refractivity contribution in [2.45, 2.75) is 19.3 Å². The normalized spacial score (nSPS) is 16.9. The van der Waals surface area contributed by atoms with E-state index in [0.717, 1.165) is 31.4 Å². The quantitative estimate of drug-likeness (QED) is 0.885. The van der Waals surface area contributed by atoms with E-state index in [4.69, 9.17) is 5.11 Å². The van der Waals surface area contributed by atoms with Crippen LogP contribution in [0.25, 0.3) is 0 Å². The van der Waals surface area contributed by atoms with Crippen LogP contribution in [0.5, 0.6) is 0 Å². The van der Waals surface area contributed by atoms with Crippen molar-refractivity contribution in [1.82, 2.24) is 4.31 Å². The van der Waals surface area contributed by atoms with Crippen molar-refractivity contribution in [1.29, 1.82) is 0 Å². The number of aromatic carboxylic acids is 1. The summed E-state index contributed by atoms with van der Waals surface area (Å²) in [5, 5.41) is 8.98. The molecule has 0 atom stereocenters. The van der Waals surface area contributed by atoms with E-state index in [1.807, 2.05) is 4.72 Å². The first-order valence-corrected chi connectivity index (χ1v) is 7.65. The van der Waals surface area contributed by atoms with Gasteiger partial charge < -0.3 is 5.11 Å². The standard InChI is InChI=1S/C12H15FN2O4S/c13-10-6-4-5-9(12(16)17)11(10)14-20(18,19)15-7-2-1-3-8-15/h4-6,14H,1-3,7-8H2,(H,16,17). The Morgan fingerprint density at radius 1 is 1.25 bits per heavy atom. The van der Waals surface area contributed by atoms with Gasteiger partial charge in [0.05, 0.1) is 11.3 Å². The van der Waals surface area contributed by atoms with Gasteiger partial charge in [-0.1, -0.05) is 12.5 Å². The third kappa shape index (κ3) is 3.07. The second-order valence-electron chi connectivity index (χ2n) is 4.53. The number of nitrogens with zero attached hydrogens (tertiary/aromatic N) is 1. The summed E-state index contributed by atoms with van der Waals surface area (Å²) < 4.78 is 41.2. The average molecular weight is 302 g/mol. The summed E-state index contributed by atoms with van der Waals surface area (Å²) in [6.45, 7) is 0.707. The highest BCUT2D eigenvalue weighted by Crippen LogP contribution is 2.23. The molecule has 0 bridgehead atoms. The maximum absolute atomic E-state index is 13.7. The van der Waals surface area contributed by atoms with Gasteiger partial charge in [0.1, 0.15) is 5.82 Å². The topological polar surface area (TPSA) is 86.7 Å². The number of para-hydroxylation sites is 1. The van der Waals surface area contributed by atoms with Crippen LogP contribution in [0.15, 0.2) is 18.2 Å². The molecular formula is C12H15FN2O4S. The molecular weight excluding hydrogens is 287 g/mol. The molecule has 1 aliphatic heterocycles. The van der Waals surface area contributed by atoms with E-state index < -0.39 is 33.2 Å². The average Bonchev–Trinajstić information content (AvgIpc) is 2.41. The van der Waals surface area contributed by atoms with E-state index in [1.54, 1.807) is 0 Å². The van der Waals surface area contributed by atoms with Gasteiger partial charge in [-0.25, -0.2) is 9.18 Å². The van der Waals surface area contributed by atoms with Crippen LogP contribution in [0.2, 0.25) is 0 Å². The highest BCUT2D eigenvalue weighted by atomic mass is 32.2. The Morgan fingerprint density at radius 3 is 2.50 bits per heavy atom. The van der Waals surface area contributed by atoms with Gasteiger partial charge in [0.25, 0.3) is 0 Å². The van der Waals surface area contributed by atoms with Gasteiger partial charge in [-0.15, -0.1) is 0 Å². The summed E-state index contributed by atoms with van der Waals surface area (Å²) in [4.78, 5) is 11.0. The molecule has 1 heterocycles. The van der Waals surface area contributed by atoms with Crippen molar-refractivity contribution in [3.8, 4) is 0 Å². The number of nitrogens with one attached hydrogen (secondary N) is 1. The Morgan fingerprint density at radius 2 is 1.90 bits per heavy atom. The maximum Gasteiger partial charge on any atom is 0.337 e. The highest BCUT2D eigenvalue weighted by Gasteiger charge is 2.26. The molecule has 0 saturated carbocycles. The van der Waals surface area contributed by atoms with E-state index in [9.17, 15) is 17.6 Å². The van der Waals surface area contributed by atoms with Crippen LogP contribution in [-0.4, -0.2) is 36.9 Å². The molecule has 110 valence electrons. The molecule has 1 aromatic carbocycles. The van der Waals surface area contributed by atoms with E-state index in [1.165, 1.54) is 10.4 Å². The zero-order valence-corrected chi connectivity index (χ0v) is 11.5. The van der Waals surface area contributed by atoms with Crippen molar-refractivity contribution in [2.24, 2.45) is 0 Å². The lowest BCUT2D eigenvalue weighted by Gasteiger charge is -2.26. The largest absolute Gasteiger partial charge is 0.478 e. The summed E-state index contributed by atoms with van der Waals surface area (Å²) in [5.41, 5.74) is -0.934. The number of hydrogen-bond donors (Lipinski definition) is 2. The molecule has 1 aromatic rings. The first-order chi connectivity index (χ1) is 9.42. The maximum atomic E-state index is 13.7. The second-order valence-corrected chi connectivity index (χ2v) is 6.21. The molecule has 0 unspecified atom stereocenters. The smallest absolute Gasteiger partial charge is 0.337 e. The van der Waals surface area contributed by atoms with E-state index in [0.29, 0.717) is 13.1 Å². The van der Waals surface area contributed by atoms with Gasteiger partial charge in [0, 0.05) is 13.1 Å². The molecule has 1 fully saturated rings. The molecule has 20 heavy (non-hydrogen) atoms. The summed E-state index contributed by atoms with van der Waals surface area (Å²) in [6, 6.07) is 3.39. The Bertz CT molecular complexity index is 612. The van der Waals surface area contributed by atoms with Gasteiger partial charge in [-0.2, -0.15) is 12.7 Å². The molecule has 2 rings (SSSR count). The van der Waals surface area contributed by atoms with Crippen LogP contribution in [0.4, 0.5) is 10.1 Å². The first kappa shape index (κ1) is 14.7. The van der Waals surface area contributed by atoms with Gasteiger partial charge in [0.2, 0.25) is 0 Å². The molecule has 0 radical (unpaired) electrons. The third-order valence-corrected chi connectivity index (χ3v) is 4.64. The number of halogens is 1. The van der Waals surface area contributed by atoms with Gasteiger partial charge in [-0.05, 0) is 25.0 Å². The number of carboxylic acid groups (broad SMARTS) is 1. The fourth-order valence-corrected chi connectivity index (χ4v) is 3.44. The van der Waals surface area contributed by atoms with Crippen LogP contribution < -0.4 is 4.72 Å². The molecule has 2 N–H and O–H groups in total. The Labute approximate surface area is 116 Å². The Hall–Kier alpha value is -1.67. The summed E-state index contributed by atoms with van der Waals surface area (Å²) in [7, 11) is -3.93. The van der Waals surface area contributed by atoms with E-state index in [-0.39, 0.29) is 0 Å². The van der Waals surface area contributed by atoms with Gasteiger partial charge in [-0.3, -0.25) is 4.72 Å². The zero-order valence-electron chi connectivity index (χ0n) is 10.7. The molecule has 1 aliphatic rings. The Balaban J connectivity index is 2.31. The monoisotopic (exact) mass is 302 g/mol. The van der Waals surface area contributed by atoms with Crippen molar-refractivity contribution in [3.63, 3.8) is 0 Å². The minimum atomic E-state index is -3.93. The number of hydrogen-bond acceptors (Lipinski definition) is 3. The highest BCUT2D eigenvalue weighted by molar-refractivity contribution is 7.90. The van der Waals surface area contributed by atoms with E-state index >= 15 is 0 Å². The fourth-order valence-electron chi connectivity index (χ4n) is 2.10. The summed E-state index contributed by atoms with van der Waals surface area (Å²) >= 11 is 0. The second kappa shape index (κ2) is 5.76. The lowest BCUT2D eigenvalue weighted by molar-refractivity contribution is 0.0697. The SMILES string of the molecule is O=C(O)c1cccc(F)c1NS(=O)(=O)N1CCCCC1. The lowest BCUT2D eigenvalue weighted by Crippen LogP contribution is -2.39. The van der Waals surface area contributed by atoms with Crippen LogP contribution in [0.3, 0.4) is 0 Å². The third-order valence-electron chi connectivity index (χ3n) is 3.13. The van der Waals surface area contributed by atoms with Crippen LogP contribution in [-0.2, 0) is 10.2 Å². The van der Waals surface area contributed by atoms with Crippen LogP contribution in [0, 0.1) is 5.82 Å². The summed E-state index contributed by atoms with van der Waals surface area (Å²) in [5.74, 6) is -2.30. The Kier molecular flexibility index (Phi) is 4.24. The number of anilines is 1. The minimum absolute atomic E-state index is 0.353. The van der Waals surface area contributed by atoms with Gasteiger partial charge in [0.15, 0.2) is 0 Å². The van der Waals surface area contributed by atoms with Crippen molar-refractivity contribution < 1.29 is 22.7 Å².